The van der Waals surface area contributed by atoms with Crippen molar-refractivity contribution < 1.29 is 0 Å². The first kappa shape index (κ1) is 14.8. The van der Waals surface area contributed by atoms with Gasteiger partial charge in [0, 0.05) is 21.8 Å². The van der Waals surface area contributed by atoms with E-state index in [2.05, 4.69) is 83.8 Å². The quantitative estimate of drug-likeness (QED) is 0.392. The van der Waals surface area contributed by atoms with Crippen molar-refractivity contribution in [2.24, 2.45) is 0 Å². The highest BCUT2D eigenvalue weighted by atomic mass is 35.5. The molecule has 0 aliphatic rings. The number of rotatable bonds is 3. The summed E-state index contributed by atoms with van der Waals surface area (Å²) in [5.41, 5.74) is 3.36. The summed E-state index contributed by atoms with van der Waals surface area (Å²) in [6.07, 6.45) is 0. The van der Waals surface area contributed by atoms with Gasteiger partial charge in [0.15, 0.2) is 0 Å². The third-order valence-corrected chi connectivity index (χ3v) is 4.36. The number of nitrogens with zero attached hydrogens (tertiary/aromatic N) is 1. The number of anilines is 3. The molecule has 4 rings (SSSR count). The fourth-order valence-corrected chi connectivity index (χ4v) is 3.12. The highest BCUT2D eigenvalue weighted by Crippen LogP contribution is 2.38. The number of fused-ring (bicyclic) bond motifs is 1. The standard InChI is InChI=1S/C22H16ClN/c23-18-13-15-20(16-14-18)24(19-9-2-1-3-10-19)22-12-6-8-17-7-4-5-11-21(17)22/h1-16H. The summed E-state index contributed by atoms with van der Waals surface area (Å²) in [6, 6.07) is 33.2. The summed E-state index contributed by atoms with van der Waals surface area (Å²) < 4.78 is 0. The topological polar surface area (TPSA) is 3.24 Å². The van der Waals surface area contributed by atoms with Crippen LogP contribution >= 0.6 is 11.6 Å². The van der Waals surface area contributed by atoms with Crippen LogP contribution in [0.25, 0.3) is 10.8 Å². The second-order valence-electron chi connectivity index (χ2n) is 5.65. The van der Waals surface area contributed by atoms with E-state index in [0.717, 1.165) is 22.1 Å². The average molecular weight is 330 g/mol. The molecule has 0 aliphatic carbocycles. The molecule has 0 bridgehead atoms. The second-order valence-corrected chi connectivity index (χ2v) is 6.08. The van der Waals surface area contributed by atoms with Gasteiger partial charge >= 0.3 is 0 Å². The Bertz CT molecular complexity index is 957. The molecule has 0 heterocycles. The van der Waals surface area contributed by atoms with Gasteiger partial charge in [-0.05, 0) is 47.9 Å². The Labute approximate surface area is 146 Å². The minimum Gasteiger partial charge on any atom is -0.310 e. The molecule has 0 saturated carbocycles. The lowest BCUT2D eigenvalue weighted by atomic mass is 10.1. The number of hydrogen-bond acceptors (Lipinski definition) is 1. The zero-order chi connectivity index (χ0) is 16.4. The summed E-state index contributed by atoms with van der Waals surface area (Å²) in [4.78, 5) is 2.26. The Morgan fingerprint density at radius 3 is 1.96 bits per heavy atom. The third-order valence-electron chi connectivity index (χ3n) is 4.11. The van der Waals surface area contributed by atoms with Gasteiger partial charge in [-0.15, -0.1) is 0 Å². The minimum absolute atomic E-state index is 0.740. The molecule has 0 unspecified atom stereocenters. The molecular weight excluding hydrogens is 314 g/mol. The van der Waals surface area contributed by atoms with Crippen molar-refractivity contribution in [2.45, 2.75) is 0 Å². The van der Waals surface area contributed by atoms with E-state index in [9.17, 15) is 0 Å². The Morgan fingerprint density at radius 1 is 0.542 bits per heavy atom. The van der Waals surface area contributed by atoms with Crippen molar-refractivity contribution >= 4 is 39.4 Å². The van der Waals surface area contributed by atoms with Crippen LogP contribution in [0, 0.1) is 0 Å². The van der Waals surface area contributed by atoms with Crippen LogP contribution in [0.15, 0.2) is 97.1 Å². The Kier molecular flexibility index (Phi) is 3.94. The van der Waals surface area contributed by atoms with Crippen LogP contribution in [0.5, 0.6) is 0 Å². The van der Waals surface area contributed by atoms with Crippen molar-refractivity contribution in [1.29, 1.82) is 0 Å². The monoisotopic (exact) mass is 329 g/mol. The fraction of sp³-hybridized carbons (Fsp3) is 0. The predicted molar refractivity (Wildman–Crippen MR) is 104 cm³/mol. The van der Waals surface area contributed by atoms with Crippen LogP contribution < -0.4 is 4.90 Å². The molecule has 4 aromatic carbocycles. The van der Waals surface area contributed by atoms with Crippen molar-refractivity contribution in [3.63, 3.8) is 0 Å². The van der Waals surface area contributed by atoms with E-state index in [1.54, 1.807) is 0 Å². The number of hydrogen-bond donors (Lipinski definition) is 0. The third kappa shape index (κ3) is 2.75. The maximum atomic E-state index is 6.08. The molecule has 0 fully saturated rings. The zero-order valence-electron chi connectivity index (χ0n) is 13.1. The lowest BCUT2D eigenvalue weighted by Crippen LogP contribution is -2.10. The molecule has 0 spiro atoms. The molecule has 0 radical (unpaired) electrons. The van der Waals surface area contributed by atoms with E-state index in [-0.39, 0.29) is 0 Å². The zero-order valence-corrected chi connectivity index (χ0v) is 13.8. The molecule has 24 heavy (non-hydrogen) atoms. The molecule has 4 aromatic rings. The van der Waals surface area contributed by atoms with Gasteiger partial charge in [-0.3, -0.25) is 0 Å². The first-order chi connectivity index (χ1) is 11.8. The summed E-state index contributed by atoms with van der Waals surface area (Å²) in [5.74, 6) is 0. The predicted octanol–water partition coefficient (Wildman–Crippen LogP) is 6.96. The second kappa shape index (κ2) is 6.38. The maximum Gasteiger partial charge on any atom is 0.0540 e. The number of para-hydroxylation sites is 1. The van der Waals surface area contributed by atoms with Gasteiger partial charge in [0.2, 0.25) is 0 Å². The van der Waals surface area contributed by atoms with Crippen LogP contribution in [-0.4, -0.2) is 0 Å². The summed E-state index contributed by atoms with van der Waals surface area (Å²) in [7, 11) is 0. The highest BCUT2D eigenvalue weighted by Gasteiger charge is 2.14. The molecular formula is C22H16ClN. The molecule has 1 nitrogen and oxygen atoms in total. The molecule has 0 N–H and O–H groups in total. The van der Waals surface area contributed by atoms with Crippen LogP contribution in [0.1, 0.15) is 0 Å². The van der Waals surface area contributed by atoms with Crippen LogP contribution in [0.3, 0.4) is 0 Å². The molecule has 0 aliphatic heterocycles. The first-order valence-electron chi connectivity index (χ1n) is 7.91. The van der Waals surface area contributed by atoms with E-state index in [1.807, 2.05) is 18.2 Å². The van der Waals surface area contributed by atoms with Gasteiger partial charge in [0.1, 0.15) is 0 Å². The first-order valence-corrected chi connectivity index (χ1v) is 8.29. The van der Waals surface area contributed by atoms with E-state index in [1.165, 1.54) is 10.8 Å². The summed E-state index contributed by atoms with van der Waals surface area (Å²) >= 11 is 6.08. The Morgan fingerprint density at radius 2 is 1.17 bits per heavy atom. The minimum atomic E-state index is 0.740. The smallest absolute Gasteiger partial charge is 0.0540 e. The lowest BCUT2D eigenvalue weighted by molar-refractivity contribution is 1.30. The fourth-order valence-electron chi connectivity index (χ4n) is 3.00. The molecule has 0 amide bonds. The lowest BCUT2D eigenvalue weighted by Gasteiger charge is -2.26. The molecule has 0 atom stereocenters. The van der Waals surface area contributed by atoms with Crippen molar-refractivity contribution in [1.82, 2.24) is 0 Å². The van der Waals surface area contributed by atoms with E-state index >= 15 is 0 Å². The van der Waals surface area contributed by atoms with Crippen molar-refractivity contribution in [2.75, 3.05) is 4.90 Å². The van der Waals surface area contributed by atoms with Gasteiger partial charge in [0.25, 0.3) is 0 Å². The molecule has 2 heteroatoms. The number of benzene rings is 4. The Hall–Kier alpha value is -2.77. The van der Waals surface area contributed by atoms with Gasteiger partial charge in [0.05, 0.1) is 5.69 Å². The van der Waals surface area contributed by atoms with Crippen molar-refractivity contribution in [3.8, 4) is 0 Å². The summed E-state index contributed by atoms with van der Waals surface area (Å²) in [6.45, 7) is 0. The molecule has 116 valence electrons. The van der Waals surface area contributed by atoms with Gasteiger partial charge in [-0.1, -0.05) is 66.2 Å². The van der Waals surface area contributed by atoms with Crippen LogP contribution in [0.4, 0.5) is 17.1 Å². The van der Waals surface area contributed by atoms with Gasteiger partial charge < -0.3 is 4.90 Å². The largest absolute Gasteiger partial charge is 0.310 e. The van der Waals surface area contributed by atoms with Gasteiger partial charge in [-0.2, -0.15) is 0 Å². The SMILES string of the molecule is Clc1ccc(N(c2ccccc2)c2cccc3ccccc23)cc1. The molecule has 0 aromatic heterocycles. The average Bonchev–Trinajstić information content (AvgIpc) is 2.65. The van der Waals surface area contributed by atoms with Crippen LogP contribution in [0.2, 0.25) is 5.02 Å². The van der Waals surface area contributed by atoms with Gasteiger partial charge in [-0.25, -0.2) is 0 Å². The highest BCUT2D eigenvalue weighted by molar-refractivity contribution is 6.30. The maximum absolute atomic E-state index is 6.08. The number of halogens is 1. The van der Waals surface area contributed by atoms with Crippen molar-refractivity contribution in [3.05, 3.63) is 102 Å². The van der Waals surface area contributed by atoms with E-state index in [0.29, 0.717) is 0 Å². The normalized spacial score (nSPS) is 10.7. The van der Waals surface area contributed by atoms with E-state index < -0.39 is 0 Å². The summed E-state index contributed by atoms with van der Waals surface area (Å²) in [5, 5.41) is 3.19. The van der Waals surface area contributed by atoms with Crippen LogP contribution in [-0.2, 0) is 0 Å². The van der Waals surface area contributed by atoms with E-state index in [4.69, 9.17) is 11.6 Å². The molecule has 0 saturated heterocycles. The Balaban J connectivity index is 1.97.